The summed E-state index contributed by atoms with van der Waals surface area (Å²) < 4.78 is 13.5. The van der Waals surface area contributed by atoms with Gasteiger partial charge in [-0.3, -0.25) is 0 Å². The fourth-order valence-electron chi connectivity index (χ4n) is 0.993. The number of pyridine rings is 1. The summed E-state index contributed by atoms with van der Waals surface area (Å²) in [4.78, 5) is 3.77. The maximum Gasteiger partial charge on any atom is 0.166 e. The SMILES string of the molecule is C[C@H](Nc1nc(Cl)c(C#N)cc1F)[C@@H](C)N. The van der Waals surface area contributed by atoms with Crippen LogP contribution in [0.25, 0.3) is 0 Å². The number of halogens is 2. The molecule has 0 radical (unpaired) electrons. The summed E-state index contributed by atoms with van der Waals surface area (Å²) >= 11 is 5.69. The van der Waals surface area contributed by atoms with Crippen molar-refractivity contribution in [2.75, 3.05) is 5.32 Å². The Morgan fingerprint density at radius 2 is 2.25 bits per heavy atom. The van der Waals surface area contributed by atoms with Gasteiger partial charge in [-0.05, 0) is 19.9 Å². The van der Waals surface area contributed by atoms with Crippen molar-refractivity contribution in [1.82, 2.24) is 4.98 Å². The van der Waals surface area contributed by atoms with Gasteiger partial charge in [-0.15, -0.1) is 0 Å². The summed E-state index contributed by atoms with van der Waals surface area (Å²) in [6.07, 6.45) is 0. The molecule has 0 aliphatic heterocycles. The zero-order chi connectivity index (χ0) is 12.3. The molecule has 0 saturated carbocycles. The Hall–Kier alpha value is -1.38. The van der Waals surface area contributed by atoms with Crippen molar-refractivity contribution in [3.8, 4) is 6.07 Å². The topological polar surface area (TPSA) is 74.7 Å². The zero-order valence-electron chi connectivity index (χ0n) is 8.96. The quantitative estimate of drug-likeness (QED) is 0.794. The number of anilines is 1. The number of nitrogens with two attached hydrogens (primary N) is 1. The molecule has 16 heavy (non-hydrogen) atoms. The minimum Gasteiger partial charge on any atom is -0.364 e. The number of nitriles is 1. The second kappa shape index (κ2) is 5.10. The van der Waals surface area contributed by atoms with E-state index in [4.69, 9.17) is 22.6 Å². The predicted molar refractivity (Wildman–Crippen MR) is 60.7 cm³/mol. The molecule has 2 atom stereocenters. The monoisotopic (exact) mass is 242 g/mol. The highest BCUT2D eigenvalue weighted by Crippen LogP contribution is 2.20. The molecule has 6 heteroatoms. The van der Waals surface area contributed by atoms with Gasteiger partial charge >= 0.3 is 0 Å². The third-order valence-corrected chi connectivity index (χ3v) is 2.49. The summed E-state index contributed by atoms with van der Waals surface area (Å²) in [5, 5.41) is 11.4. The lowest BCUT2D eigenvalue weighted by atomic mass is 10.2. The number of nitrogens with zero attached hydrogens (tertiary/aromatic N) is 2. The Labute approximate surface area is 98.2 Å². The molecule has 3 N–H and O–H groups in total. The van der Waals surface area contributed by atoms with Crippen LogP contribution in [0.1, 0.15) is 19.4 Å². The van der Waals surface area contributed by atoms with Gasteiger partial charge in [0, 0.05) is 12.1 Å². The lowest BCUT2D eigenvalue weighted by Crippen LogP contribution is -2.35. The van der Waals surface area contributed by atoms with Crippen LogP contribution in [0.4, 0.5) is 10.2 Å². The van der Waals surface area contributed by atoms with Crippen LogP contribution in [0, 0.1) is 17.1 Å². The van der Waals surface area contributed by atoms with Gasteiger partial charge in [0.25, 0.3) is 0 Å². The molecule has 1 aromatic rings. The van der Waals surface area contributed by atoms with Crippen LogP contribution in [-0.4, -0.2) is 17.1 Å². The maximum atomic E-state index is 13.5. The van der Waals surface area contributed by atoms with E-state index in [2.05, 4.69) is 10.3 Å². The highest BCUT2D eigenvalue weighted by molar-refractivity contribution is 6.30. The molecule has 86 valence electrons. The Kier molecular flexibility index (Phi) is 4.05. The molecule has 0 aliphatic carbocycles. The van der Waals surface area contributed by atoms with Gasteiger partial charge in [0.1, 0.15) is 11.2 Å². The maximum absolute atomic E-state index is 13.5. The largest absolute Gasteiger partial charge is 0.364 e. The molecule has 1 rings (SSSR count). The Bertz CT molecular complexity index is 428. The van der Waals surface area contributed by atoms with Crippen LogP contribution in [0.3, 0.4) is 0 Å². The average molecular weight is 243 g/mol. The van der Waals surface area contributed by atoms with Gasteiger partial charge in [-0.25, -0.2) is 9.37 Å². The number of aromatic nitrogens is 1. The van der Waals surface area contributed by atoms with E-state index in [1.807, 2.05) is 0 Å². The molecular formula is C10H12ClFN4. The average Bonchev–Trinajstić information content (AvgIpc) is 2.22. The van der Waals surface area contributed by atoms with Gasteiger partial charge < -0.3 is 11.1 Å². The van der Waals surface area contributed by atoms with Crippen molar-refractivity contribution in [3.63, 3.8) is 0 Å². The van der Waals surface area contributed by atoms with E-state index in [-0.39, 0.29) is 28.6 Å². The molecule has 1 aromatic heterocycles. The first kappa shape index (κ1) is 12.7. The fourth-order valence-corrected chi connectivity index (χ4v) is 1.17. The highest BCUT2D eigenvalue weighted by atomic mass is 35.5. The molecule has 0 saturated heterocycles. The molecule has 0 bridgehead atoms. The summed E-state index contributed by atoms with van der Waals surface area (Å²) in [5.41, 5.74) is 5.64. The third kappa shape index (κ3) is 2.81. The van der Waals surface area contributed by atoms with Gasteiger partial charge in [-0.2, -0.15) is 5.26 Å². The van der Waals surface area contributed by atoms with E-state index in [0.29, 0.717) is 0 Å². The lowest BCUT2D eigenvalue weighted by Gasteiger charge is -2.18. The van der Waals surface area contributed by atoms with Crippen LogP contribution in [0.2, 0.25) is 5.15 Å². The first-order chi connectivity index (χ1) is 7.45. The molecule has 0 spiro atoms. The minimum atomic E-state index is -0.617. The zero-order valence-corrected chi connectivity index (χ0v) is 9.72. The predicted octanol–water partition coefficient (Wildman–Crippen LogP) is 1.89. The van der Waals surface area contributed by atoms with Crippen LogP contribution in [0.5, 0.6) is 0 Å². The Morgan fingerprint density at radius 3 is 2.75 bits per heavy atom. The number of nitrogens with one attached hydrogen (secondary N) is 1. The van der Waals surface area contributed by atoms with Crippen molar-refractivity contribution < 1.29 is 4.39 Å². The van der Waals surface area contributed by atoms with Crippen molar-refractivity contribution in [2.45, 2.75) is 25.9 Å². The third-order valence-electron chi connectivity index (χ3n) is 2.20. The number of rotatable bonds is 3. The molecule has 0 fully saturated rings. The van der Waals surface area contributed by atoms with Crippen molar-refractivity contribution in [1.29, 1.82) is 5.26 Å². The first-order valence-electron chi connectivity index (χ1n) is 4.74. The van der Waals surface area contributed by atoms with Gasteiger partial charge in [-0.1, -0.05) is 11.6 Å². The summed E-state index contributed by atoms with van der Waals surface area (Å²) in [6, 6.07) is 2.50. The second-order valence-electron chi connectivity index (χ2n) is 3.56. The molecule has 0 amide bonds. The van der Waals surface area contributed by atoms with E-state index in [1.165, 1.54) is 0 Å². The van der Waals surface area contributed by atoms with E-state index >= 15 is 0 Å². The van der Waals surface area contributed by atoms with Gasteiger partial charge in [0.05, 0.1) is 5.56 Å². The minimum absolute atomic E-state index is 0.00815. The van der Waals surface area contributed by atoms with E-state index < -0.39 is 5.82 Å². The molecule has 0 aromatic carbocycles. The van der Waals surface area contributed by atoms with E-state index in [0.717, 1.165) is 6.07 Å². The molecule has 0 aliphatic rings. The highest BCUT2D eigenvalue weighted by Gasteiger charge is 2.14. The molecule has 0 unspecified atom stereocenters. The van der Waals surface area contributed by atoms with Crippen molar-refractivity contribution in [3.05, 3.63) is 22.6 Å². The van der Waals surface area contributed by atoms with Gasteiger partial charge in [0.15, 0.2) is 11.6 Å². The number of hydrogen-bond donors (Lipinski definition) is 2. The smallest absolute Gasteiger partial charge is 0.166 e. The van der Waals surface area contributed by atoms with E-state index in [1.54, 1.807) is 19.9 Å². The van der Waals surface area contributed by atoms with Crippen LogP contribution in [0.15, 0.2) is 6.07 Å². The summed E-state index contributed by atoms with van der Waals surface area (Å²) in [6.45, 7) is 3.60. The van der Waals surface area contributed by atoms with Crippen molar-refractivity contribution in [2.24, 2.45) is 5.73 Å². The molecular weight excluding hydrogens is 231 g/mol. The van der Waals surface area contributed by atoms with Crippen molar-refractivity contribution >= 4 is 17.4 Å². The summed E-state index contributed by atoms with van der Waals surface area (Å²) in [7, 11) is 0. The summed E-state index contributed by atoms with van der Waals surface area (Å²) in [5.74, 6) is -0.609. The van der Waals surface area contributed by atoms with E-state index in [9.17, 15) is 4.39 Å². The fraction of sp³-hybridized carbons (Fsp3) is 0.400. The second-order valence-corrected chi connectivity index (χ2v) is 3.92. The standard InChI is InChI=1S/C10H12ClFN4/c1-5(14)6(2)15-10-8(12)3-7(4-13)9(11)16-10/h3,5-6H,14H2,1-2H3,(H,15,16)/t5-,6+/m1/s1. The number of hydrogen-bond acceptors (Lipinski definition) is 4. The van der Waals surface area contributed by atoms with Crippen LogP contribution >= 0.6 is 11.6 Å². The Balaban J connectivity index is 2.99. The normalized spacial score (nSPS) is 14.0. The lowest BCUT2D eigenvalue weighted by molar-refractivity contribution is 0.600. The molecule has 4 nitrogen and oxygen atoms in total. The van der Waals surface area contributed by atoms with Crippen LogP contribution < -0.4 is 11.1 Å². The van der Waals surface area contributed by atoms with Gasteiger partial charge in [0.2, 0.25) is 0 Å². The molecule has 1 heterocycles. The Morgan fingerprint density at radius 1 is 1.62 bits per heavy atom. The first-order valence-corrected chi connectivity index (χ1v) is 5.11. The van der Waals surface area contributed by atoms with Crippen LogP contribution in [-0.2, 0) is 0 Å².